The van der Waals surface area contributed by atoms with E-state index in [0.717, 1.165) is 16.8 Å². The van der Waals surface area contributed by atoms with E-state index in [4.69, 9.17) is 0 Å². The molecule has 1 atom stereocenters. The molecule has 1 saturated heterocycles. The molecule has 1 aromatic carbocycles. The van der Waals surface area contributed by atoms with Crippen LogP contribution in [0.2, 0.25) is 0 Å². The third-order valence-electron chi connectivity index (χ3n) is 5.08. The van der Waals surface area contributed by atoms with Gasteiger partial charge in [-0.3, -0.25) is 14.4 Å². The van der Waals surface area contributed by atoms with Crippen molar-refractivity contribution in [1.29, 1.82) is 0 Å². The van der Waals surface area contributed by atoms with Gasteiger partial charge < -0.3 is 14.8 Å². The summed E-state index contributed by atoms with van der Waals surface area (Å²) in [6, 6.07) is 8.35. The van der Waals surface area contributed by atoms with E-state index in [1.807, 2.05) is 19.9 Å². The molecule has 2 heterocycles. The van der Waals surface area contributed by atoms with Crippen LogP contribution in [0.25, 0.3) is 11.1 Å². The van der Waals surface area contributed by atoms with E-state index >= 15 is 0 Å². The summed E-state index contributed by atoms with van der Waals surface area (Å²) in [5.41, 5.74) is 3.55. The second-order valence-electron chi connectivity index (χ2n) is 6.83. The number of likely N-dealkylation sites (N-methyl/N-ethyl adjacent to an activating group) is 1. The highest BCUT2D eigenvalue weighted by atomic mass is 16.2. The summed E-state index contributed by atoms with van der Waals surface area (Å²) in [5.74, 6) is -0.220. The van der Waals surface area contributed by atoms with E-state index in [2.05, 4.69) is 4.98 Å². The minimum absolute atomic E-state index is 0.0529. The summed E-state index contributed by atoms with van der Waals surface area (Å²) in [6.07, 6.45) is 0. The Morgan fingerprint density at radius 2 is 1.77 bits per heavy atom. The molecule has 1 aliphatic heterocycles. The van der Waals surface area contributed by atoms with E-state index in [0.29, 0.717) is 24.2 Å². The number of pyridine rings is 1. The van der Waals surface area contributed by atoms with Crippen molar-refractivity contribution in [3.8, 4) is 11.1 Å². The first-order chi connectivity index (χ1) is 12.3. The van der Waals surface area contributed by atoms with Gasteiger partial charge in [-0.25, -0.2) is 0 Å². The Labute approximate surface area is 152 Å². The number of rotatable bonds is 2. The number of amides is 2. The number of carbonyl (C=O) groups excluding carboxylic acids is 2. The number of aromatic nitrogens is 1. The summed E-state index contributed by atoms with van der Waals surface area (Å²) < 4.78 is 0. The molecule has 1 aromatic heterocycles. The van der Waals surface area contributed by atoms with Crippen LogP contribution in [0, 0.1) is 13.8 Å². The average molecular weight is 353 g/mol. The van der Waals surface area contributed by atoms with Crippen molar-refractivity contribution in [2.45, 2.75) is 26.8 Å². The molecule has 1 N–H and O–H groups in total. The minimum atomic E-state index is -0.469. The van der Waals surface area contributed by atoms with Crippen LogP contribution in [0.5, 0.6) is 0 Å². The van der Waals surface area contributed by atoms with Gasteiger partial charge in [-0.2, -0.15) is 0 Å². The van der Waals surface area contributed by atoms with Crippen LogP contribution in [-0.4, -0.2) is 52.8 Å². The van der Waals surface area contributed by atoms with E-state index in [1.165, 1.54) is 0 Å². The van der Waals surface area contributed by atoms with Crippen LogP contribution in [0.1, 0.15) is 28.5 Å². The van der Waals surface area contributed by atoms with Gasteiger partial charge in [-0.1, -0.05) is 12.1 Å². The molecule has 2 aromatic rings. The molecule has 26 heavy (non-hydrogen) atoms. The fourth-order valence-corrected chi connectivity index (χ4v) is 3.19. The largest absolute Gasteiger partial charge is 0.342 e. The van der Waals surface area contributed by atoms with Gasteiger partial charge in [0.25, 0.3) is 11.5 Å². The lowest BCUT2D eigenvalue weighted by molar-refractivity contribution is -0.137. The highest BCUT2D eigenvalue weighted by molar-refractivity contribution is 5.98. The van der Waals surface area contributed by atoms with Crippen molar-refractivity contribution in [1.82, 2.24) is 14.8 Å². The number of carbonyl (C=O) groups is 2. The van der Waals surface area contributed by atoms with Crippen molar-refractivity contribution in [3.05, 3.63) is 57.5 Å². The fraction of sp³-hybridized carbons (Fsp3) is 0.350. The molecule has 1 fully saturated rings. The summed E-state index contributed by atoms with van der Waals surface area (Å²) in [7, 11) is 1.75. The molecular formula is C20H23N3O3. The summed E-state index contributed by atoms with van der Waals surface area (Å²) in [5, 5.41) is 0. The zero-order valence-corrected chi connectivity index (χ0v) is 15.5. The molecule has 6 heteroatoms. The molecule has 0 spiro atoms. The predicted molar refractivity (Wildman–Crippen MR) is 100 cm³/mol. The number of aryl methyl sites for hydroxylation is 2. The number of H-pyrrole nitrogens is 1. The van der Waals surface area contributed by atoms with Crippen LogP contribution in [0.3, 0.4) is 0 Å². The highest BCUT2D eigenvalue weighted by Crippen LogP contribution is 2.20. The molecule has 136 valence electrons. The molecular weight excluding hydrogens is 330 g/mol. The quantitative estimate of drug-likeness (QED) is 0.897. The average Bonchev–Trinajstić information content (AvgIpc) is 2.62. The van der Waals surface area contributed by atoms with Gasteiger partial charge in [0.15, 0.2) is 0 Å². The number of hydrogen-bond donors (Lipinski definition) is 1. The fourth-order valence-electron chi connectivity index (χ4n) is 3.19. The third kappa shape index (κ3) is 3.14. The lowest BCUT2D eigenvalue weighted by Crippen LogP contribution is -2.56. The Morgan fingerprint density at radius 1 is 1.12 bits per heavy atom. The lowest BCUT2D eigenvalue weighted by atomic mass is 10.0. The van der Waals surface area contributed by atoms with Crippen LogP contribution < -0.4 is 5.56 Å². The van der Waals surface area contributed by atoms with Gasteiger partial charge in [-0.05, 0) is 50.1 Å². The SMILES string of the molecule is Cc1cc(-c2ccc(C(=O)N3CCN(C)C(=O)C3C)cc2)c(=O)[nH]c1C. The Balaban J connectivity index is 1.86. The van der Waals surface area contributed by atoms with Gasteiger partial charge in [-0.15, -0.1) is 0 Å². The first kappa shape index (κ1) is 17.9. The van der Waals surface area contributed by atoms with Gasteiger partial charge in [0.1, 0.15) is 6.04 Å². The van der Waals surface area contributed by atoms with Gasteiger partial charge in [0.2, 0.25) is 5.91 Å². The highest BCUT2D eigenvalue weighted by Gasteiger charge is 2.32. The number of piperazine rings is 1. The van der Waals surface area contributed by atoms with E-state index in [-0.39, 0.29) is 17.4 Å². The number of hydrogen-bond acceptors (Lipinski definition) is 3. The lowest BCUT2D eigenvalue weighted by Gasteiger charge is -2.37. The van der Waals surface area contributed by atoms with E-state index < -0.39 is 6.04 Å². The van der Waals surface area contributed by atoms with E-state index in [1.54, 1.807) is 48.0 Å². The maximum absolute atomic E-state index is 12.8. The molecule has 0 radical (unpaired) electrons. The van der Waals surface area contributed by atoms with Crippen LogP contribution in [-0.2, 0) is 4.79 Å². The molecule has 1 aliphatic rings. The molecule has 6 nitrogen and oxygen atoms in total. The smallest absolute Gasteiger partial charge is 0.256 e. The first-order valence-corrected chi connectivity index (χ1v) is 8.66. The first-order valence-electron chi connectivity index (χ1n) is 8.66. The second kappa shape index (κ2) is 6.78. The maximum atomic E-state index is 12.8. The standard InChI is InChI=1S/C20H23N3O3/c1-12-11-17(18(24)21-13(12)2)15-5-7-16(8-6-15)20(26)23-10-9-22(4)19(25)14(23)3/h5-8,11,14H,9-10H2,1-4H3,(H,21,24). The van der Waals surface area contributed by atoms with Crippen molar-refractivity contribution in [2.75, 3.05) is 20.1 Å². The molecule has 0 saturated carbocycles. The topological polar surface area (TPSA) is 73.5 Å². The molecule has 0 aliphatic carbocycles. The van der Waals surface area contributed by atoms with Crippen molar-refractivity contribution >= 4 is 11.8 Å². The number of benzene rings is 1. The normalized spacial score (nSPS) is 17.5. The van der Waals surface area contributed by atoms with Crippen LogP contribution in [0.4, 0.5) is 0 Å². The number of nitrogens with zero attached hydrogens (tertiary/aromatic N) is 2. The van der Waals surface area contributed by atoms with Crippen molar-refractivity contribution in [2.24, 2.45) is 0 Å². The van der Waals surface area contributed by atoms with Gasteiger partial charge >= 0.3 is 0 Å². The summed E-state index contributed by atoms with van der Waals surface area (Å²) in [4.78, 5) is 43.1. The Morgan fingerprint density at radius 3 is 2.42 bits per heavy atom. The van der Waals surface area contributed by atoms with Crippen LogP contribution >= 0.6 is 0 Å². The number of aromatic amines is 1. The van der Waals surface area contributed by atoms with Crippen LogP contribution in [0.15, 0.2) is 35.1 Å². The summed E-state index contributed by atoms with van der Waals surface area (Å²) in [6.45, 7) is 6.60. The minimum Gasteiger partial charge on any atom is -0.342 e. The Bertz CT molecular complexity index is 915. The molecule has 2 amide bonds. The monoisotopic (exact) mass is 353 g/mol. The van der Waals surface area contributed by atoms with Gasteiger partial charge in [0, 0.05) is 37.0 Å². The van der Waals surface area contributed by atoms with Crippen molar-refractivity contribution < 1.29 is 9.59 Å². The van der Waals surface area contributed by atoms with Crippen molar-refractivity contribution in [3.63, 3.8) is 0 Å². The third-order valence-corrected chi connectivity index (χ3v) is 5.08. The maximum Gasteiger partial charge on any atom is 0.256 e. The zero-order chi connectivity index (χ0) is 19.0. The second-order valence-corrected chi connectivity index (χ2v) is 6.83. The predicted octanol–water partition coefficient (Wildman–Crippen LogP) is 1.96. The molecule has 1 unspecified atom stereocenters. The Kier molecular flexibility index (Phi) is 4.68. The molecule has 0 bridgehead atoms. The molecule has 3 rings (SSSR count). The van der Waals surface area contributed by atoms with E-state index in [9.17, 15) is 14.4 Å². The summed E-state index contributed by atoms with van der Waals surface area (Å²) >= 11 is 0. The van der Waals surface area contributed by atoms with Gasteiger partial charge in [0.05, 0.1) is 0 Å². The zero-order valence-electron chi connectivity index (χ0n) is 15.5. The Hall–Kier alpha value is -2.89. The number of nitrogens with one attached hydrogen (secondary N) is 1.